The van der Waals surface area contributed by atoms with Gasteiger partial charge in [-0.15, -0.1) is 0 Å². The van der Waals surface area contributed by atoms with Crippen molar-refractivity contribution in [1.82, 2.24) is 9.55 Å². The number of hydrogen-bond acceptors (Lipinski definition) is 3. The van der Waals surface area contributed by atoms with Crippen LogP contribution in [0.15, 0.2) is 39.6 Å². The number of nitriles is 1. The second-order valence-electron chi connectivity index (χ2n) is 5.86. The predicted octanol–water partition coefficient (Wildman–Crippen LogP) is 4.69. The third-order valence-corrected chi connectivity index (χ3v) is 3.93. The monoisotopic (exact) mass is 343 g/mol. The van der Waals surface area contributed by atoms with E-state index in [9.17, 15) is 0 Å². The van der Waals surface area contributed by atoms with Gasteiger partial charge in [0.05, 0.1) is 34.5 Å². The molecule has 1 aromatic carbocycles. The molecule has 0 atom stereocenters. The summed E-state index contributed by atoms with van der Waals surface area (Å²) in [6.07, 6.45) is 1.63. The lowest BCUT2D eigenvalue weighted by Gasteiger charge is -2.24. The molecule has 3 aromatic rings. The summed E-state index contributed by atoms with van der Waals surface area (Å²) in [4.78, 5) is 4.71. The minimum Gasteiger partial charge on any atom is -0.457 e. The molecule has 0 bridgehead atoms. The van der Waals surface area contributed by atoms with Crippen LogP contribution in [0, 0.1) is 11.3 Å². The number of nitrogens with zero attached hydrogens (tertiary/aromatic N) is 3. The van der Waals surface area contributed by atoms with Crippen molar-refractivity contribution in [3.63, 3.8) is 0 Å². The lowest BCUT2D eigenvalue weighted by molar-refractivity contribution is 0.412. The smallest absolute Gasteiger partial charge is 0.179 e. The summed E-state index contributed by atoms with van der Waals surface area (Å²) in [7, 11) is 0. The molecule has 5 heteroatoms. The number of aromatic nitrogens is 2. The summed E-state index contributed by atoms with van der Waals surface area (Å²) in [6, 6.07) is 9.63. The van der Waals surface area contributed by atoms with Crippen molar-refractivity contribution in [2.75, 3.05) is 0 Å². The molecule has 0 unspecified atom stereocenters. The predicted molar refractivity (Wildman–Crippen MR) is 84.8 cm³/mol. The quantitative estimate of drug-likeness (QED) is 0.644. The van der Waals surface area contributed by atoms with E-state index in [1.807, 2.05) is 24.3 Å². The van der Waals surface area contributed by atoms with E-state index in [0.29, 0.717) is 10.2 Å². The first-order valence-electron chi connectivity index (χ1n) is 6.58. The van der Waals surface area contributed by atoms with E-state index < -0.39 is 0 Å². The highest BCUT2D eigenvalue weighted by atomic mass is 79.9. The molecule has 0 N–H and O–H groups in total. The fraction of sp³-hybridized carbons (Fsp3) is 0.250. The van der Waals surface area contributed by atoms with Crippen LogP contribution in [0.2, 0.25) is 0 Å². The van der Waals surface area contributed by atoms with Crippen LogP contribution in [0.5, 0.6) is 0 Å². The third-order valence-electron chi connectivity index (χ3n) is 3.31. The highest BCUT2D eigenvalue weighted by Crippen LogP contribution is 2.35. The maximum absolute atomic E-state index is 9.05. The largest absolute Gasteiger partial charge is 0.457 e. The van der Waals surface area contributed by atoms with Gasteiger partial charge in [0.1, 0.15) is 5.82 Å². The van der Waals surface area contributed by atoms with Gasteiger partial charge in [0, 0.05) is 5.54 Å². The molecule has 2 heterocycles. The number of hydrogen-bond donors (Lipinski definition) is 0. The molecule has 0 amide bonds. The Kier molecular flexibility index (Phi) is 3.14. The zero-order valence-corrected chi connectivity index (χ0v) is 13.6. The molecule has 0 spiro atoms. The molecule has 0 saturated heterocycles. The SMILES string of the molecule is CC(C)(C)n1c(-c2ccoc2Br)nc2cc(C#N)ccc21. The number of fused-ring (bicyclic) bond motifs is 1. The second-order valence-corrected chi connectivity index (χ2v) is 6.59. The van der Waals surface area contributed by atoms with Gasteiger partial charge in [0.15, 0.2) is 4.67 Å². The van der Waals surface area contributed by atoms with E-state index in [2.05, 4.69) is 47.3 Å². The van der Waals surface area contributed by atoms with Gasteiger partial charge in [0.25, 0.3) is 0 Å². The van der Waals surface area contributed by atoms with Crippen molar-refractivity contribution in [1.29, 1.82) is 5.26 Å². The first kappa shape index (κ1) is 13.9. The highest BCUT2D eigenvalue weighted by molar-refractivity contribution is 9.10. The highest BCUT2D eigenvalue weighted by Gasteiger charge is 2.24. The van der Waals surface area contributed by atoms with Gasteiger partial charge < -0.3 is 8.98 Å². The Morgan fingerprint density at radius 2 is 2.05 bits per heavy atom. The Labute approximate surface area is 131 Å². The summed E-state index contributed by atoms with van der Waals surface area (Å²) in [5.41, 5.74) is 3.18. The molecule has 0 radical (unpaired) electrons. The van der Waals surface area contributed by atoms with Crippen LogP contribution in [0.4, 0.5) is 0 Å². The van der Waals surface area contributed by atoms with Crippen molar-refractivity contribution in [2.24, 2.45) is 0 Å². The van der Waals surface area contributed by atoms with Crippen LogP contribution in [0.25, 0.3) is 22.4 Å². The fourth-order valence-corrected chi connectivity index (χ4v) is 2.88. The van der Waals surface area contributed by atoms with Gasteiger partial charge >= 0.3 is 0 Å². The Balaban J connectivity index is 2.39. The van der Waals surface area contributed by atoms with Gasteiger partial charge in [0.2, 0.25) is 0 Å². The summed E-state index contributed by atoms with van der Waals surface area (Å²) < 4.78 is 8.16. The van der Waals surface area contributed by atoms with E-state index in [1.165, 1.54) is 0 Å². The molecule has 106 valence electrons. The molecule has 21 heavy (non-hydrogen) atoms. The molecule has 2 aromatic heterocycles. The van der Waals surface area contributed by atoms with E-state index in [0.717, 1.165) is 22.4 Å². The standard InChI is InChI=1S/C16H14BrN3O/c1-16(2,3)20-13-5-4-10(9-18)8-12(13)19-15(20)11-6-7-21-14(11)17/h4-8H,1-3H3. The lowest BCUT2D eigenvalue weighted by Crippen LogP contribution is -2.22. The molecule has 0 aliphatic carbocycles. The van der Waals surface area contributed by atoms with Crippen molar-refractivity contribution in [3.05, 3.63) is 40.8 Å². The molecule has 0 fully saturated rings. The number of benzene rings is 1. The zero-order valence-electron chi connectivity index (χ0n) is 12.0. The molecule has 0 saturated carbocycles. The topological polar surface area (TPSA) is 54.8 Å². The molecule has 0 aliphatic heterocycles. The fourth-order valence-electron chi connectivity index (χ4n) is 2.46. The van der Waals surface area contributed by atoms with Crippen LogP contribution in [-0.4, -0.2) is 9.55 Å². The van der Waals surface area contributed by atoms with Crippen molar-refractivity contribution in [2.45, 2.75) is 26.3 Å². The molecular weight excluding hydrogens is 330 g/mol. The van der Waals surface area contributed by atoms with Gasteiger partial charge in [-0.3, -0.25) is 0 Å². The number of furan rings is 1. The van der Waals surface area contributed by atoms with E-state index >= 15 is 0 Å². The van der Waals surface area contributed by atoms with Crippen molar-refractivity contribution in [3.8, 4) is 17.5 Å². The van der Waals surface area contributed by atoms with Crippen molar-refractivity contribution >= 4 is 27.0 Å². The minimum atomic E-state index is -0.144. The third kappa shape index (κ3) is 2.26. The minimum absolute atomic E-state index is 0.144. The molecule has 0 aliphatic rings. The summed E-state index contributed by atoms with van der Waals surface area (Å²) in [6.45, 7) is 6.39. The Morgan fingerprint density at radius 1 is 1.29 bits per heavy atom. The first-order valence-corrected chi connectivity index (χ1v) is 7.37. The molecule has 3 rings (SSSR count). The summed E-state index contributed by atoms with van der Waals surface area (Å²) in [5.74, 6) is 0.827. The molecular formula is C16H14BrN3O. The second kappa shape index (κ2) is 4.74. The van der Waals surface area contributed by atoms with Crippen LogP contribution in [0.3, 0.4) is 0 Å². The van der Waals surface area contributed by atoms with Crippen LogP contribution in [-0.2, 0) is 5.54 Å². The Hall–Kier alpha value is -2.06. The lowest BCUT2D eigenvalue weighted by atomic mass is 10.1. The van der Waals surface area contributed by atoms with Gasteiger partial charge in [-0.1, -0.05) is 0 Å². The van der Waals surface area contributed by atoms with Gasteiger partial charge in [-0.05, 0) is 61.0 Å². The average Bonchev–Trinajstić information content (AvgIpc) is 2.99. The van der Waals surface area contributed by atoms with Gasteiger partial charge in [-0.2, -0.15) is 5.26 Å². The van der Waals surface area contributed by atoms with Crippen molar-refractivity contribution < 1.29 is 4.42 Å². The molecule has 4 nitrogen and oxygen atoms in total. The van der Waals surface area contributed by atoms with Crippen LogP contribution < -0.4 is 0 Å². The van der Waals surface area contributed by atoms with Crippen LogP contribution in [0.1, 0.15) is 26.3 Å². The number of halogens is 1. The van der Waals surface area contributed by atoms with E-state index in [1.54, 1.807) is 6.26 Å². The normalized spacial score (nSPS) is 11.8. The van der Waals surface area contributed by atoms with E-state index in [-0.39, 0.29) is 5.54 Å². The Morgan fingerprint density at radius 3 is 2.62 bits per heavy atom. The van der Waals surface area contributed by atoms with Crippen LogP contribution >= 0.6 is 15.9 Å². The summed E-state index contributed by atoms with van der Waals surface area (Å²) in [5, 5.41) is 9.05. The van der Waals surface area contributed by atoms with Gasteiger partial charge in [-0.25, -0.2) is 4.98 Å². The first-order chi connectivity index (χ1) is 9.91. The maximum Gasteiger partial charge on any atom is 0.179 e. The summed E-state index contributed by atoms with van der Waals surface area (Å²) >= 11 is 3.42. The maximum atomic E-state index is 9.05. The Bertz CT molecular complexity index is 862. The number of imidazole rings is 1. The van der Waals surface area contributed by atoms with E-state index in [4.69, 9.17) is 14.7 Å². The zero-order chi connectivity index (χ0) is 15.2. The average molecular weight is 344 g/mol. The number of rotatable bonds is 1.